The molecule has 7 nitrogen and oxygen atoms in total. The number of amidine groups is 1. The lowest BCUT2D eigenvalue weighted by atomic mass is 9.94. The molecule has 40 heavy (non-hydrogen) atoms. The maximum absolute atomic E-state index is 13.2. The van der Waals surface area contributed by atoms with Crippen LogP contribution in [-0.2, 0) is 6.42 Å². The number of rotatable bonds is 8. The topological polar surface area (TPSA) is 72.0 Å². The molecule has 1 fully saturated rings. The van der Waals surface area contributed by atoms with Crippen molar-refractivity contribution in [1.29, 1.82) is 0 Å². The maximum atomic E-state index is 13.2. The predicted molar refractivity (Wildman–Crippen MR) is 156 cm³/mol. The van der Waals surface area contributed by atoms with Gasteiger partial charge in [-0.25, -0.2) is 13.8 Å². The summed E-state index contributed by atoms with van der Waals surface area (Å²) < 4.78 is 25.5. The number of halogens is 2. The molecule has 1 amide bonds. The molecule has 3 aliphatic heterocycles. The zero-order valence-electron chi connectivity index (χ0n) is 23.4. The van der Waals surface area contributed by atoms with Gasteiger partial charge in [-0.05, 0) is 87.0 Å². The Kier molecular flexibility index (Phi) is 8.21. The average molecular weight is 549 g/mol. The van der Waals surface area contributed by atoms with Crippen LogP contribution in [0.5, 0.6) is 0 Å². The fourth-order valence-corrected chi connectivity index (χ4v) is 5.64. The summed E-state index contributed by atoms with van der Waals surface area (Å²) in [6.07, 6.45) is 6.33. The van der Waals surface area contributed by atoms with Gasteiger partial charge in [-0.2, -0.15) is 0 Å². The van der Waals surface area contributed by atoms with Gasteiger partial charge in [0.15, 0.2) is 11.5 Å². The summed E-state index contributed by atoms with van der Waals surface area (Å²) in [5, 5.41) is 10.3. The summed E-state index contributed by atoms with van der Waals surface area (Å²) in [7, 11) is 1.89. The Labute approximate surface area is 235 Å². The minimum absolute atomic E-state index is 0.0416. The summed E-state index contributed by atoms with van der Waals surface area (Å²) >= 11 is 0. The third kappa shape index (κ3) is 5.89. The number of carbonyl (C=O) groups is 1. The van der Waals surface area contributed by atoms with Gasteiger partial charge >= 0.3 is 0 Å². The van der Waals surface area contributed by atoms with E-state index in [2.05, 4.69) is 25.8 Å². The lowest BCUT2D eigenvalue weighted by molar-refractivity contribution is 0.0783. The van der Waals surface area contributed by atoms with E-state index in [1.54, 1.807) is 18.3 Å². The summed E-state index contributed by atoms with van der Waals surface area (Å²) in [5.41, 5.74) is 4.23. The molecule has 212 valence electrons. The summed E-state index contributed by atoms with van der Waals surface area (Å²) in [5.74, 6) is 1.42. The second-order valence-electron chi connectivity index (χ2n) is 11.0. The van der Waals surface area contributed by atoms with Gasteiger partial charge in [-0.15, -0.1) is 0 Å². The first-order chi connectivity index (χ1) is 19.2. The first-order valence-electron chi connectivity index (χ1n) is 14.0. The number of aliphatic imine (C=N–C) groups is 1. The van der Waals surface area contributed by atoms with Gasteiger partial charge in [0.25, 0.3) is 5.91 Å². The summed E-state index contributed by atoms with van der Waals surface area (Å²) in [6.45, 7) is 6.88. The van der Waals surface area contributed by atoms with Crippen molar-refractivity contribution in [2.75, 3.05) is 32.0 Å². The third-order valence-electron chi connectivity index (χ3n) is 8.15. The zero-order chi connectivity index (χ0) is 28.3. The number of carbonyl (C=O) groups excluding carboxylic acids is 1. The van der Waals surface area contributed by atoms with Crippen LogP contribution in [0.25, 0.3) is 5.70 Å². The first kappa shape index (κ1) is 27.8. The minimum Gasteiger partial charge on any atom is -0.361 e. The second kappa shape index (κ2) is 11.8. The van der Waals surface area contributed by atoms with Gasteiger partial charge in [0.1, 0.15) is 0 Å². The van der Waals surface area contributed by atoms with E-state index >= 15 is 0 Å². The Balaban J connectivity index is 1.24. The number of nitrogens with zero attached hydrogens (tertiary/aromatic N) is 3. The molecule has 1 atom stereocenters. The monoisotopic (exact) mass is 548 g/mol. The maximum Gasteiger partial charge on any atom is 0.253 e. The van der Waals surface area contributed by atoms with Gasteiger partial charge in [0, 0.05) is 49.9 Å². The van der Waals surface area contributed by atoms with Gasteiger partial charge in [0.2, 0.25) is 6.43 Å². The first-order valence-corrected chi connectivity index (χ1v) is 14.0. The second-order valence-corrected chi connectivity index (χ2v) is 11.0. The molecular formula is C31H38F2N6O. The Morgan fingerprint density at radius 2 is 1.95 bits per heavy atom. The highest BCUT2D eigenvalue weighted by atomic mass is 19.3. The van der Waals surface area contributed by atoms with E-state index in [0.717, 1.165) is 48.6 Å². The molecule has 0 aliphatic carbocycles. The largest absolute Gasteiger partial charge is 0.361 e. The van der Waals surface area contributed by atoms with E-state index in [0.29, 0.717) is 22.9 Å². The van der Waals surface area contributed by atoms with Gasteiger partial charge in [-0.3, -0.25) is 4.79 Å². The van der Waals surface area contributed by atoms with E-state index in [1.807, 2.05) is 68.5 Å². The van der Waals surface area contributed by atoms with Crippen molar-refractivity contribution in [1.82, 2.24) is 20.4 Å². The smallest absolute Gasteiger partial charge is 0.253 e. The van der Waals surface area contributed by atoms with Crippen LogP contribution in [0.3, 0.4) is 0 Å². The van der Waals surface area contributed by atoms with Gasteiger partial charge in [0.05, 0.1) is 5.70 Å². The minimum atomic E-state index is -2.36. The molecule has 0 bridgehead atoms. The molecular weight excluding hydrogens is 510 g/mol. The normalized spacial score (nSPS) is 20.6. The van der Waals surface area contributed by atoms with Crippen molar-refractivity contribution in [3.05, 3.63) is 83.3 Å². The molecule has 3 aliphatic rings. The van der Waals surface area contributed by atoms with E-state index in [-0.39, 0.29) is 12.3 Å². The highest BCUT2D eigenvalue weighted by Crippen LogP contribution is 2.35. The number of fused-ring (bicyclic) bond motifs is 1. The Morgan fingerprint density at radius 3 is 2.65 bits per heavy atom. The van der Waals surface area contributed by atoms with E-state index in [1.165, 1.54) is 12.8 Å². The van der Waals surface area contributed by atoms with E-state index < -0.39 is 12.1 Å². The lowest BCUT2D eigenvalue weighted by Gasteiger charge is -2.39. The molecule has 5 rings (SSSR count). The molecule has 0 saturated carbocycles. The molecule has 2 aromatic carbocycles. The fourth-order valence-electron chi connectivity index (χ4n) is 5.64. The summed E-state index contributed by atoms with van der Waals surface area (Å²) in [4.78, 5) is 21.7. The zero-order valence-corrected chi connectivity index (χ0v) is 23.4. The molecule has 1 saturated heterocycles. The predicted octanol–water partition coefficient (Wildman–Crippen LogP) is 5.18. The number of amides is 1. The van der Waals surface area contributed by atoms with Crippen molar-refractivity contribution in [3.8, 4) is 0 Å². The van der Waals surface area contributed by atoms with Crippen LogP contribution in [0.15, 0.2) is 66.1 Å². The van der Waals surface area contributed by atoms with E-state index in [9.17, 15) is 13.6 Å². The van der Waals surface area contributed by atoms with Gasteiger partial charge in [-0.1, -0.05) is 24.3 Å². The van der Waals surface area contributed by atoms with Crippen LogP contribution in [0, 0.1) is 12.8 Å². The van der Waals surface area contributed by atoms with Crippen molar-refractivity contribution in [2.24, 2.45) is 10.9 Å². The molecule has 9 heteroatoms. The number of piperidine rings is 1. The van der Waals surface area contributed by atoms with Crippen LogP contribution in [0.2, 0.25) is 0 Å². The molecule has 0 radical (unpaired) electrons. The van der Waals surface area contributed by atoms with Gasteiger partial charge < -0.3 is 25.8 Å². The standard InChI is InChI=1S/C31H38F2N6O/c1-21-18-25(8-9-26(21)29(40)38(3)16-12-22-10-13-34-14-11-22)37-30-31(2)36-20-27(39(31)17-15-35-30)24-6-4-23(5-7-24)19-28(32)33/h4-9,15,17-18,20,22,28,34,36H,10-14,16,19H2,1-3H3,(H,35,37). The number of hydrogen-bond donors (Lipinski definition) is 3. The van der Waals surface area contributed by atoms with Crippen LogP contribution in [0.4, 0.5) is 14.5 Å². The third-order valence-corrected chi connectivity index (χ3v) is 8.15. The molecule has 0 aromatic heterocycles. The highest BCUT2D eigenvalue weighted by molar-refractivity contribution is 6.05. The van der Waals surface area contributed by atoms with Crippen LogP contribution >= 0.6 is 0 Å². The van der Waals surface area contributed by atoms with Crippen molar-refractivity contribution >= 4 is 23.1 Å². The molecule has 0 spiro atoms. The number of hydrogen-bond acceptors (Lipinski definition) is 6. The summed E-state index contributed by atoms with van der Waals surface area (Å²) in [6, 6.07) is 13.0. The van der Waals surface area contributed by atoms with Crippen molar-refractivity contribution < 1.29 is 13.6 Å². The van der Waals surface area contributed by atoms with Crippen molar-refractivity contribution in [3.63, 3.8) is 0 Å². The highest BCUT2D eigenvalue weighted by Gasteiger charge is 2.43. The van der Waals surface area contributed by atoms with Crippen LogP contribution in [-0.4, -0.2) is 60.3 Å². The number of nitrogens with one attached hydrogen (secondary N) is 3. The average Bonchev–Trinajstić information content (AvgIpc) is 3.30. The molecule has 3 heterocycles. The molecule has 1 unspecified atom stereocenters. The van der Waals surface area contributed by atoms with Crippen LogP contribution < -0.4 is 16.0 Å². The number of anilines is 1. The quantitative estimate of drug-likeness (QED) is 0.424. The Hall–Kier alpha value is -3.72. The Morgan fingerprint density at radius 1 is 1.20 bits per heavy atom. The number of aryl methyl sites for hydroxylation is 1. The van der Waals surface area contributed by atoms with E-state index in [4.69, 9.17) is 0 Å². The van der Waals surface area contributed by atoms with Crippen LogP contribution in [0.1, 0.15) is 53.2 Å². The molecule has 3 N–H and O–H groups in total. The number of benzene rings is 2. The number of alkyl halides is 2. The van der Waals surface area contributed by atoms with Crippen molar-refractivity contribution in [2.45, 2.75) is 51.6 Å². The molecule has 2 aromatic rings. The fraction of sp³-hybridized carbons (Fsp3) is 0.419. The SMILES string of the molecule is Cc1cc(NC2=NC=CN3C(c4ccc(CC(F)F)cc4)=CNC23C)ccc1C(=O)N(C)CCC1CCNCC1. The Bertz CT molecular complexity index is 1320. The lowest BCUT2D eigenvalue weighted by Crippen LogP contribution is -2.57.